The number of carbonyl (C=O) groups is 2. The van der Waals surface area contributed by atoms with E-state index in [-0.39, 0.29) is 24.5 Å². The van der Waals surface area contributed by atoms with Crippen molar-refractivity contribution in [3.05, 3.63) is 45.1 Å². The number of rotatable bonds is 3. The number of likely N-dealkylation sites (tertiary alicyclic amines) is 1. The molecule has 5 rings (SSSR count). The van der Waals surface area contributed by atoms with Crippen molar-refractivity contribution < 1.29 is 19.4 Å². The van der Waals surface area contributed by atoms with Crippen LogP contribution in [0, 0.1) is 0 Å². The molecular weight excluding hydrogens is 400 g/mol. The number of fused-ring (bicyclic) bond motifs is 2. The van der Waals surface area contributed by atoms with E-state index >= 15 is 0 Å². The van der Waals surface area contributed by atoms with E-state index in [9.17, 15) is 14.7 Å². The standard InChI is InChI=1S/C23H26N2O4S/c26-19-12-25(23(28)17-13-30-21-4-2-1-3-16(17)21)10-9-20(19)29-15-6-7-18-14(11-15)5-8-22(27)24-18/h6-7,11,13,19-20,26H,1-5,8-10,12H2,(H,24,27)/t19-,20-/m1/s1. The molecule has 1 saturated heterocycles. The van der Waals surface area contributed by atoms with Gasteiger partial charge in [-0.05, 0) is 61.4 Å². The van der Waals surface area contributed by atoms with Crippen molar-refractivity contribution in [1.29, 1.82) is 0 Å². The molecule has 3 aliphatic rings. The van der Waals surface area contributed by atoms with Gasteiger partial charge in [-0.1, -0.05) is 0 Å². The van der Waals surface area contributed by atoms with Crippen LogP contribution in [0.25, 0.3) is 0 Å². The minimum atomic E-state index is -0.729. The first-order valence-corrected chi connectivity index (χ1v) is 11.6. The van der Waals surface area contributed by atoms with Gasteiger partial charge in [-0.3, -0.25) is 9.59 Å². The molecule has 1 aromatic carbocycles. The summed E-state index contributed by atoms with van der Waals surface area (Å²) < 4.78 is 6.07. The van der Waals surface area contributed by atoms with Crippen LogP contribution in [0.4, 0.5) is 5.69 Å². The van der Waals surface area contributed by atoms with Crippen LogP contribution in [0.2, 0.25) is 0 Å². The van der Waals surface area contributed by atoms with Gasteiger partial charge in [0.2, 0.25) is 5.91 Å². The lowest BCUT2D eigenvalue weighted by atomic mass is 9.95. The van der Waals surface area contributed by atoms with Gasteiger partial charge in [0.25, 0.3) is 5.91 Å². The number of aliphatic hydroxyl groups excluding tert-OH is 1. The van der Waals surface area contributed by atoms with Gasteiger partial charge >= 0.3 is 0 Å². The highest BCUT2D eigenvalue weighted by molar-refractivity contribution is 7.10. The second kappa shape index (κ2) is 8.04. The van der Waals surface area contributed by atoms with E-state index in [0.29, 0.717) is 31.6 Å². The lowest BCUT2D eigenvalue weighted by Crippen LogP contribution is -2.51. The molecule has 0 spiro atoms. The number of anilines is 1. The lowest BCUT2D eigenvalue weighted by molar-refractivity contribution is -0.116. The molecule has 2 amide bonds. The average Bonchev–Trinajstić information content (AvgIpc) is 3.19. The Morgan fingerprint density at radius 3 is 2.93 bits per heavy atom. The predicted molar refractivity (Wildman–Crippen MR) is 115 cm³/mol. The highest BCUT2D eigenvalue weighted by atomic mass is 32.1. The summed E-state index contributed by atoms with van der Waals surface area (Å²) in [5, 5.41) is 15.6. The van der Waals surface area contributed by atoms with Crippen molar-refractivity contribution in [2.24, 2.45) is 0 Å². The summed E-state index contributed by atoms with van der Waals surface area (Å²) in [4.78, 5) is 27.7. The Hall–Kier alpha value is -2.38. The molecule has 2 atom stereocenters. The molecule has 0 bridgehead atoms. The van der Waals surface area contributed by atoms with E-state index < -0.39 is 6.10 Å². The van der Waals surface area contributed by atoms with Crippen LogP contribution in [0.15, 0.2) is 23.6 Å². The first kappa shape index (κ1) is 19.6. The second-order valence-electron chi connectivity index (χ2n) is 8.39. The Morgan fingerprint density at radius 1 is 1.20 bits per heavy atom. The topological polar surface area (TPSA) is 78.9 Å². The van der Waals surface area contributed by atoms with Crippen molar-refractivity contribution in [3.8, 4) is 5.75 Å². The molecule has 6 nitrogen and oxygen atoms in total. The summed E-state index contributed by atoms with van der Waals surface area (Å²) in [6.45, 7) is 0.862. The molecule has 1 aliphatic carbocycles. The highest BCUT2D eigenvalue weighted by Gasteiger charge is 2.33. The van der Waals surface area contributed by atoms with Crippen molar-refractivity contribution in [2.75, 3.05) is 18.4 Å². The SMILES string of the molecule is O=C1CCc2cc(O[C@@H]3CCN(C(=O)c4csc5c4CCCC5)C[C@H]3O)ccc2N1. The number of piperidine rings is 1. The van der Waals surface area contributed by atoms with E-state index in [0.717, 1.165) is 36.1 Å². The fraction of sp³-hybridized carbons (Fsp3) is 0.478. The summed E-state index contributed by atoms with van der Waals surface area (Å²) in [5.41, 5.74) is 3.94. The fourth-order valence-corrected chi connectivity index (χ4v) is 5.80. The number of amides is 2. The normalized spacial score (nSPS) is 23.4. The summed E-state index contributed by atoms with van der Waals surface area (Å²) >= 11 is 1.70. The molecule has 30 heavy (non-hydrogen) atoms. The molecule has 2 aliphatic heterocycles. The fourth-order valence-electron chi connectivity index (χ4n) is 4.68. The van der Waals surface area contributed by atoms with Gasteiger partial charge in [-0.15, -0.1) is 11.3 Å². The van der Waals surface area contributed by atoms with E-state index in [1.165, 1.54) is 16.9 Å². The number of benzene rings is 1. The number of ether oxygens (including phenoxy) is 1. The second-order valence-corrected chi connectivity index (χ2v) is 9.35. The zero-order chi connectivity index (χ0) is 20.7. The van der Waals surface area contributed by atoms with E-state index in [1.54, 1.807) is 16.2 Å². The van der Waals surface area contributed by atoms with E-state index in [1.807, 2.05) is 23.6 Å². The predicted octanol–water partition coefficient (Wildman–Crippen LogP) is 3.17. The third kappa shape index (κ3) is 3.72. The summed E-state index contributed by atoms with van der Waals surface area (Å²) in [7, 11) is 0. The number of β-amino-alcohol motifs (C(OH)–C–C–N with tert-alkyl or cyclic N) is 1. The van der Waals surface area contributed by atoms with Gasteiger partial charge < -0.3 is 20.1 Å². The molecule has 0 saturated carbocycles. The van der Waals surface area contributed by atoms with Gasteiger partial charge in [-0.25, -0.2) is 0 Å². The van der Waals surface area contributed by atoms with Crippen LogP contribution in [-0.4, -0.2) is 47.1 Å². The molecule has 1 fully saturated rings. The third-order valence-corrected chi connectivity index (χ3v) is 7.45. The highest BCUT2D eigenvalue weighted by Crippen LogP contribution is 2.32. The Labute approximate surface area is 179 Å². The van der Waals surface area contributed by atoms with Gasteiger partial charge in [0, 0.05) is 35.3 Å². The smallest absolute Gasteiger partial charge is 0.255 e. The zero-order valence-electron chi connectivity index (χ0n) is 16.9. The summed E-state index contributed by atoms with van der Waals surface area (Å²) in [5.74, 6) is 0.771. The van der Waals surface area contributed by atoms with Gasteiger partial charge in [0.1, 0.15) is 18.0 Å². The van der Waals surface area contributed by atoms with Crippen LogP contribution in [0.3, 0.4) is 0 Å². The minimum absolute atomic E-state index is 0.0375. The van der Waals surface area contributed by atoms with E-state index in [2.05, 4.69) is 5.32 Å². The number of hydrogen-bond acceptors (Lipinski definition) is 5. The number of hydrogen-bond donors (Lipinski definition) is 2. The number of aryl methyl sites for hydroxylation is 2. The van der Waals surface area contributed by atoms with E-state index in [4.69, 9.17) is 4.74 Å². The number of nitrogens with one attached hydrogen (secondary N) is 1. The maximum atomic E-state index is 13.1. The van der Waals surface area contributed by atoms with Crippen molar-refractivity contribution in [1.82, 2.24) is 4.90 Å². The van der Waals surface area contributed by atoms with Crippen LogP contribution < -0.4 is 10.1 Å². The van der Waals surface area contributed by atoms with Crippen molar-refractivity contribution >= 4 is 28.8 Å². The molecule has 2 aromatic rings. The number of carbonyl (C=O) groups excluding carboxylic acids is 2. The molecule has 0 unspecified atom stereocenters. The monoisotopic (exact) mass is 426 g/mol. The third-order valence-electron chi connectivity index (χ3n) is 6.36. The number of aliphatic hydroxyl groups is 1. The first-order valence-electron chi connectivity index (χ1n) is 10.7. The van der Waals surface area contributed by atoms with Crippen LogP contribution in [-0.2, 0) is 24.1 Å². The molecule has 158 valence electrons. The molecule has 3 heterocycles. The molecule has 0 radical (unpaired) electrons. The molecular formula is C23H26N2O4S. The summed E-state index contributed by atoms with van der Waals surface area (Å²) in [6, 6.07) is 5.62. The quantitative estimate of drug-likeness (QED) is 0.790. The maximum Gasteiger partial charge on any atom is 0.255 e. The van der Waals surface area contributed by atoms with Crippen molar-refractivity contribution in [3.63, 3.8) is 0 Å². The Kier molecular flexibility index (Phi) is 5.25. The zero-order valence-corrected chi connectivity index (χ0v) is 17.7. The summed E-state index contributed by atoms with van der Waals surface area (Å²) in [6.07, 6.45) is 5.11. The van der Waals surface area contributed by atoms with Gasteiger partial charge in [0.05, 0.1) is 12.1 Å². The van der Waals surface area contributed by atoms with Crippen LogP contribution >= 0.6 is 11.3 Å². The largest absolute Gasteiger partial charge is 0.488 e. The first-order chi connectivity index (χ1) is 14.6. The average molecular weight is 427 g/mol. The molecule has 2 N–H and O–H groups in total. The number of thiophene rings is 1. The van der Waals surface area contributed by atoms with Gasteiger partial charge in [-0.2, -0.15) is 0 Å². The van der Waals surface area contributed by atoms with Crippen molar-refractivity contribution in [2.45, 2.75) is 57.2 Å². The molecule has 1 aromatic heterocycles. The van der Waals surface area contributed by atoms with Crippen LogP contribution in [0.5, 0.6) is 5.75 Å². The Morgan fingerprint density at radius 2 is 2.07 bits per heavy atom. The maximum absolute atomic E-state index is 13.1. The Balaban J connectivity index is 1.23. The minimum Gasteiger partial charge on any atom is -0.488 e. The van der Waals surface area contributed by atoms with Gasteiger partial charge in [0.15, 0.2) is 0 Å². The number of nitrogens with zero attached hydrogens (tertiary/aromatic N) is 1. The molecule has 7 heteroatoms. The Bertz CT molecular complexity index is 986. The van der Waals surface area contributed by atoms with Crippen LogP contribution in [0.1, 0.15) is 52.0 Å². The lowest BCUT2D eigenvalue weighted by Gasteiger charge is -2.36.